The zero-order chi connectivity index (χ0) is 17.2. The molecule has 24 heavy (non-hydrogen) atoms. The molecule has 1 N–H and O–H groups in total. The Morgan fingerprint density at radius 3 is 2.46 bits per heavy atom. The second-order valence-corrected chi connectivity index (χ2v) is 8.43. The van der Waals surface area contributed by atoms with Gasteiger partial charge in [-0.05, 0) is 31.7 Å². The van der Waals surface area contributed by atoms with Crippen molar-refractivity contribution in [3.8, 4) is 0 Å². The van der Waals surface area contributed by atoms with Crippen LogP contribution in [-0.4, -0.2) is 42.3 Å². The lowest BCUT2D eigenvalue weighted by Gasteiger charge is -2.17. The van der Waals surface area contributed by atoms with E-state index >= 15 is 0 Å². The quantitative estimate of drug-likeness (QED) is 0.844. The van der Waals surface area contributed by atoms with Crippen LogP contribution in [0.15, 0.2) is 28.0 Å². The maximum Gasteiger partial charge on any atom is 0.251 e. The van der Waals surface area contributed by atoms with Crippen LogP contribution in [0, 0.1) is 0 Å². The van der Waals surface area contributed by atoms with Crippen LogP contribution in [-0.2, 0) is 21.4 Å². The molecule has 0 radical (unpaired) electrons. The van der Waals surface area contributed by atoms with Gasteiger partial charge in [-0.2, -0.15) is 4.31 Å². The summed E-state index contributed by atoms with van der Waals surface area (Å²) in [6.07, 6.45) is 7.12. The number of rotatable bonds is 5. The monoisotopic (exact) mass is 353 g/mol. The van der Waals surface area contributed by atoms with Crippen LogP contribution in [0.2, 0.25) is 0 Å². The molecule has 1 saturated carbocycles. The highest BCUT2D eigenvalue weighted by Crippen LogP contribution is 2.20. The molecule has 1 saturated heterocycles. The molecular weight excluding hydrogens is 330 g/mol. The average Bonchev–Trinajstić information content (AvgIpc) is 3.22. The number of carbonyl (C=O) groups is 1. The molecule has 1 aromatic rings. The van der Waals surface area contributed by atoms with Gasteiger partial charge < -0.3 is 9.88 Å². The van der Waals surface area contributed by atoms with Gasteiger partial charge in [-0.15, -0.1) is 0 Å². The van der Waals surface area contributed by atoms with Crippen LogP contribution >= 0.6 is 0 Å². The molecule has 3 rings (SSSR count). The third-order valence-electron chi connectivity index (χ3n) is 4.69. The van der Waals surface area contributed by atoms with Crippen molar-refractivity contribution in [2.45, 2.75) is 56.0 Å². The van der Waals surface area contributed by atoms with E-state index in [1.807, 2.05) is 0 Å². The average molecular weight is 353 g/mol. The minimum atomic E-state index is -3.59. The van der Waals surface area contributed by atoms with Gasteiger partial charge in [0.25, 0.3) is 5.56 Å². The highest BCUT2D eigenvalue weighted by molar-refractivity contribution is 7.89. The van der Waals surface area contributed by atoms with Gasteiger partial charge in [-0.1, -0.05) is 12.8 Å². The first-order valence-electron chi connectivity index (χ1n) is 8.47. The highest BCUT2D eigenvalue weighted by Gasteiger charge is 2.27. The van der Waals surface area contributed by atoms with E-state index in [2.05, 4.69) is 5.32 Å². The minimum Gasteiger partial charge on any atom is -0.352 e. The van der Waals surface area contributed by atoms with E-state index in [1.165, 1.54) is 27.2 Å². The maximum atomic E-state index is 12.6. The van der Waals surface area contributed by atoms with Crippen molar-refractivity contribution in [2.75, 3.05) is 13.1 Å². The normalized spacial score (nSPS) is 19.7. The van der Waals surface area contributed by atoms with E-state index in [9.17, 15) is 18.0 Å². The molecule has 2 aliphatic rings. The predicted octanol–water partition coefficient (Wildman–Crippen LogP) is 0.692. The Labute approximate surface area is 141 Å². The summed E-state index contributed by atoms with van der Waals surface area (Å²) in [6.45, 7) is 0.853. The van der Waals surface area contributed by atoms with Gasteiger partial charge in [0.2, 0.25) is 15.9 Å². The van der Waals surface area contributed by atoms with E-state index in [0.29, 0.717) is 13.1 Å². The number of amides is 1. The molecule has 0 unspecified atom stereocenters. The maximum absolute atomic E-state index is 12.6. The lowest BCUT2D eigenvalue weighted by atomic mass is 10.2. The third kappa shape index (κ3) is 3.70. The topological polar surface area (TPSA) is 88.5 Å². The van der Waals surface area contributed by atoms with Crippen molar-refractivity contribution < 1.29 is 13.2 Å². The van der Waals surface area contributed by atoms with Crippen LogP contribution in [0.4, 0.5) is 0 Å². The molecule has 8 heteroatoms. The Morgan fingerprint density at radius 1 is 1.12 bits per heavy atom. The highest BCUT2D eigenvalue weighted by atomic mass is 32.2. The number of nitrogens with zero attached hydrogens (tertiary/aromatic N) is 2. The number of carbonyl (C=O) groups excluding carboxylic acids is 1. The molecule has 0 bridgehead atoms. The summed E-state index contributed by atoms with van der Waals surface area (Å²) in [5, 5.41) is 2.91. The van der Waals surface area contributed by atoms with Crippen molar-refractivity contribution in [1.82, 2.24) is 14.2 Å². The van der Waals surface area contributed by atoms with Crippen LogP contribution in [0.25, 0.3) is 0 Å². The fraction of sp³-hybridized carbons (Fsp3) is 0.625. The first-order chi connectivity index (χ1) is 11.5. The summed E-state index contributed by atoms with van der Waals surface area (Å²) >= 11 is 0. The zero-order valence-corrected chi connectivity index (χ0v) is 14.4. The first kappa shape index (κ1) is 17.2. The molecule has 1 aromatic heterocycles. The largest absolute Gasteiger partial charge is 0.352 e. The van der Waals surface area contributed by atoms with Gasteiger partial charge in [-0.25, -0.2) is 8.42 Å². The van der Waals surface area contributed by atoms with E-state index in [0.717, 1.165) is 38.5 Å². The Morgan fingerprint density at radius 2 is 1.79 bits per heavy atom. The van der Waals surface area contributed by atoms with Crippen molar-refractivity contribution in [1.29, 1.82) is 0 Å². The molecule has 1 amide bonds. The Balaban J connectivity index is 1.76. The van der Waals surface area contributed by atoms with Crippen LogP contribution in [0.3, 0.4) is 0 Å². The fourth-order valence-electron chi connectivity index (χ4n) is 3.36. The lowest BCUT2D eigenvalue weighted by molar-refractivity contribution is -0.122. The summed E-state index contributed by atoms with van der Waals surface area (Å²) in [7, 11) is -3.59. The van der Waals surface area contributed by atoms with Gasteiger partial charge in [-0.3, -0.25) is 9.59 Å². The van der Waals surface area contributed by atoms with Gasteiger partial charge in [0.15, 0.2) is 0 Å². The minimum absolute atomic E-state index is 0.0673. The fourth-order valence-corrected chi connectivity index (χ4v) is 4.90. The van der Waals surface area contributed by atoms with Crippen molar-refractivity contribution >= 4 is 15.9 Å². The molecule has 1 aliphatic heterocycles. The second-order valence-electron chi connectivity index (χ2n) is 6.49. The van der Waals surface area contributed by atoms with Crippen LogP contribution < -0.4 is 10.9 Å². The predicted molar refractivity (Wildman–Crippen MR) is 89.1 cm³/mol. The smallest absolute Gasteiger partial charge is 0.251 e. The zero-order valence-electron chi connectivity index (χ0n) is 13.6. The molecule has 1 aliphatic carbocycles. The number of pyridine rings is 1. The number of sulfonamides is 1. The van der Waals surface area contributed by atoms with Gasteiger partial charge >= 0.3 is 0 Å². The molecule has 0 aromatic carbocycles. The third-order valence-corrected chi connectivity index (χ3v) is 6.58. The Kier molecular flexibility index (Phi) is 5.05. The van der Waals surface area contributed by atoms with E-state index in [-0.39, 0.29) is 28.9 Å². The molecule has 132 valence electrons. The number of hydrogen-bond acceptors (Lipinski definition) is 4. The van der Waals surface area contributed by atoms with Crippen LogP contribution in [0.1, 0.15) is 38.5 Å². The van der Waals surface area contributed by atoms with Gasteiger partial charge in [0.1, 0.15) is 6.54 Å². The Bertz CT molecular complexity index is 760. The molecule has 2 heterocycles. The lowest BCUT2D eigenvalue weighted by Crippen LogP contribution is -2.37. The summed E-state index contributed by atoms with van der Waals surface area (Å²) in [4.78, 5) is 24.1. The first-order valence-corrected chi connectivity index (χ1v) is 9.91. The summed E-state index contributed by atoms with van der Waals surface area (Å²) in [5.74, 6) is -0.250. The standard InChI is InChI=1S/C16H23N3O4S/c20-15(17-13-5-1-2-6-13)12-18-11-14(7-8-16(18)21)24(22,23)19-9-3-4-10-19/h7-8,11,13H,1-6,9-10,12H2,(H,17,20). The summed E-state index contributed by atoms with van der Waals surface area (Å²) in [5.41, 5.74) is -0.378. The SMILES string of the molecule is O=C(Cn1cc(S(=O)(=O)N2CCCC2)ccc1=O)NC1CCCC1. The number of hydrogen-bond donors (Lipinski definition) is 1. The molecular formula is C16H23N3O4S. The summed E-state index contributed by atoms with van der Waals surface area (Å²) < 4.78 is 27.7. The van der Waals surface area contributed by atoms with E-state index in [4.69, 9.17) is 0 Å². The van der Waals surface area contributed by atoms with Crippen molar-refractivity contribution in [2.24, 2.45) is 0 Å². The molecule has 2 fully saturated rings. The van der Waals surface area contributed by atoms with Crippen molar-refractivity contribution in [3.05, 3.63) is 28.7 Å². The molecule has 0 atom stereocenters. The number of nitrogens with one attached hydrogen (secondary N) is 1. The number of aromatic nitrogens is 1. The van der Waals surface area contributed by atoms with Crippen molar-refractivity contribution in [3.63, 3.8) is 0 Å². The van der Waals surface area contributed by atoms with Gasteiger partial charge in [0, 0.05) is 31.4 Å². The van der Waals surface area contributed by atoms with E-state index < -0.39 is 10.0 Å². The second kappa shape index (κ2) is 7.06. The molecule has 0 spiro atoms. The molecule has 7 nitrogen and oxygen atoms in total. The van der Waals surface area contributed by atoms with E-state index in [1.54, 1.807) is 0 Å². The van der Waals surface area contributed by atoms with Crippen LogP contribution in [0.5, 0.6) is 0 Å². The van der Waals surface area contributed by atoms with Gasteiger partial charge in [0.05, 0.1) is 4.90 Å². The Hall–Kier alpha value is -1.67. The summed E-state index contributed by atoms with van der Waals surface area (Å²) in [6, 6.07) is 2.71.